The molecule has 1 aromatic carbocycles. The molecule has 1 unspecified atom stereocenters. The van der Waals surface area contributed by atoms with Crippen LogP contribution < -0.4 is 10.0 Å². The zero-order chi connectivity index (χ0) is 22.6. The number of aliphatic imine (C=N–C) groups is 1. The van der Waals surface area contributed by atoms with Gasteiger partial charge in [-0.05, 0) is 53.5 Å². The molecule has 1 aliphatic heterocycles. The second-order valence-corrected chi connectivity index (χ2v) is 10.2. The Labute approximate surface area is 188 Å². The molecule has 2 N–H and O–H groups in total. The van der Waals surface area contributed by atoms with E-state index in [1.807, 2.05) is 19.2 Å². The maximum Gasteiger partial charge on any atom is 0.263 e. The largest absolute Gasteiger partial charge is 0.352 e. The van der Waals surface area contributed by atoms with Gasteiger partial charge in [-0.1, -0.05) is 39.8 Å². The maximum atomic E-state index is 13.1. The minimum atomic E-state index is -3.64. The number of amides is 1. The molecule has 7 nitrogen and oxygen atoms in total. The predicted molar refractivity (Wildman–Crippen MR) is 125 cm³/mol. The van der Waals surface area contributed by atoms with Crippen LogP contribution in [0.4, 0.5) is 0 Å². The lowest BCUT2D eigenvalue weighted by atomic mass is 10.0. The van der Waals surface area contributed by atoms with Crippen LogP contribution in [-0.2, 0) is 14.8 Å². The molecule has 31 heavy (non-hydrogen) atoms. The fourth-order valence-corrected chi connectivity index (χ4v) is 5.71. The number of nitrogens with one attached hydrogen (secondary N) is 2. The number of fused-ring (bicyclic) bond motifs is 1. The van der Waals surface area contributed by atoms with Crippen molar-refractivity contribution in [3.05, 3.63) is 52.2 Å². The fraction of sp³-hybridized carbons (Fsp3) is 0.455. The van der Waals surface area contributed by atoms with Crippen LogP contribution in [0.1, 0.15) is 44.9 Å². The van der Waals surface area contributed by atoms with Crippen molar-refractivity contribution in [2.45, 2.75) is 44.7 Å². The van der Waals surface area contributed by atoms with Gasteiger partial charge in [0.05, 0.1) is 10.9 Å². The summed E-state index contributed by atoms with van der Waals surface area (Å²) in [7, 11) is -3.64. The number of hydrogen-bond acceptors (Lipinski definition) is 6. The molecule has 0 bridgehead atoms. The summed E-state index contributed by atoms with van der Waals surface area (Å²) >= 11 is 1.64. The summed E-state index contributed by atoms with van der Waals surface area (Å²) in [4.78, 5) is 20.1. The second kappa shape index (κ2) is 9.93. The highest BCUT2D eigenvalue weighted by atomic mass is 32.2. The summed E-state index contributed by atoms with van der Waals surface area (Å²) in [6.07, 6.45) is 0. The zero-order valence-electron chi connectivity index (χ0n) is 18.3. The topological polar surface area (TPSA) is 90.9 Å². The van der Waals surface area contributed by atoms with E-state index in [-0.39, 0.29) is 28.6 Å². The van der Waals surface area contributed by atoms with Gasteiger partial charge in [-0.25, -0.2) is 8.42 Å². The highest BCUT2D eigenvalue weighted by Crippen LogP contribution is 2.24. The van der Waals surface area contributed by atoms with Crippen molar-refractivity contribution < 1.29 is 13.2 Å². The molecule has 0 spiro atoms. The lowest BCUT2D eigenvalue weighted by molar-refractivity contribution is -0.123. The first-order valence-corrected chi connectivity index (χ1v) is 12.9. The Bertz CT molecular complexity index is 1030. The minimum absolute atomic E-state index is 0.0800. The Balaban J connectivity index is 1.81. The Morgan fingerprint density at radius 2 is 1.90 bits per heavy atom. The number of hydrogen-bond donors (Lipinski definition) is 2. The van der Waals surface area contributed by atoms with E-state index < -0.39 is 16.1 Å². The first-order valence-electron chi connectivity index (χ1n) is 10.5. The van der Waals surface area contributed by atoms with Crippen LogP contribution in [0.2, 0.25) is 0 Å². The third kappa shape index (κ3) is 5.16. The number of benzene rings is 1. The van der Waals surface area contributed by atoms with Crippen molar-refractivity contribution in [2.24, 2.45) is 10.9 Å². The Hall–Kier alpha value is -2.23. The number of carbonyl (C=O) groups is 1. The molecule has 1 aromatic heterocycles. The molecule has 0 radical (unpaired) electrons. The molecule has 168 valence electrons. The smallest absolute Gasteiger partial charge is 0.263 e. The van der Waals surface area contributed by atoms with Crippen LogP contribution >= 0.6 is 11.3 Å². The molecule has 9 heteroatoms. The van der Waals surface area contributed by atoms with Gasteiger partial charge in [-0.2, -0.15) is 11.3 Å². The standard InChI is InChI=1S/C22H30N4O3S2/c1-5-26(6-2)18(16-11-12-30-14-16)13-23-22(27)20(15(3)4)24-21-17-9-7-8-10-19(17)31(28,29)25-21/h7-12,14-15,18,20H,5-6,13H2,1-4H3,(H,23,27)(H,24,25)/t18?,20-/m0/s1. The summed E-state index contributed by atoms with van der Waals surface area (Å²) in [5, 5.41) is 7.21. The number of carbonyl (C=O) groups excluding carboxylic acids is 1. The number of rotatable bonds is 9. The van der Waals surface area contributed by atoms with E-state index in [1.165, 1.54) is 5.56 Å². The third-order valence-corrected chi connectivity index (χ3v) is 7.58. The van der Waals surface area contributed by atoms with Gasteiger partial charge in [-0.15, -0.1) is 0 Å². The maximum absolute atomic E-state index is 13.1. The lowest BCUT2D eigenvalue weighted by Gasteiger charge is -2.30. The minimum Gasteiger partial charge on any atom is -0.352 e. The molecule has 2 atom stereocenters. The Morgan fingerprint density at radius 1 is 1.19 bits per heavy atom. The predicted octanol–water partition coefficient (Wildman–Crippen LogP) is 3.01. The van der Waals surface area contributed by atoms with Crippen LogP contribution in [0, 0.1) is 5.92 Å². The summed E-state index contributed by atoms with van der Waals surface area (Å²) in [6, 6.07) is 8.14. The third-order valence-electron chi connectivity index (χ3n) is 5.48. The molecule has 1 aliphatic rings. The van der Waals surface area contributed by atoms with Crippen molar-refractivity contribution in [2.75, 3.05) is 19.6 Å². The number of sulfonamides is 1. The summed E-state index contributed by atoms with van der Waals surface area (Å²) in [5.74, 6) is -0.0844. The van der Waals surface area contributed by atoms with Gasteiger partial charge >= 0.3 is 0 Å². The van der Waals surface area contributed by atoms with Crippen LogP contribution in [0.25, 0.3) is 0 Å². The summed E-state index contributed by atoms with van der Waals surface area (Å²) < 4.78 is 27.2. The van der Waals surface area contributed by atoms with E-state index in [0.29, 0.717) is 12.1 Å². The van der Waals surface area contributed by atoms with Gasteiger partial charge in [0.2, 0.25) is 5.91 Å². The molecule has 0 fully saturated rings. The fourth-order valence-electron chi connectivity index (χ4n) is 3.77. The van der Waals surface area contributed by atoms with Crippen LogP contribution in [0.5, 0.6) is 0 Å². The highest BCUT2D eigenvalue weighted by molar-refractivity contribution is 7.90. The van der Waals surface area contributed by atoms with E-state index in [2.05, 4.69) is 45.2 Å². The van der Waals surface area contributed by atoms with E-state index in [9.17, 15) is 13.2 Å². The van der Waals surface area contributed by atoms with E-state index >= 15 is 0 Å². The number of thiophene rings is 1. The van der Waals surface area contributed by atoms with Crippen LogP contribution in [0.15, 0.2) is 51.0 Å². The Kier molecular flexibility index (Phi) is 7.51. The zero-order valence-corrected chi connectivity index (χ0v) is 20.0. The first kappa shape index (κ1) is 23.4. The molecule has 2 aromatic rings. The molecule has 0 saturated heterocycles. The van der Waals surface area contributed by atoms with Gasteiger partial charge in [0.1, 0.15) is 11.9 Å². The molecule has 0 saturated carbocycles. The van der Waals surface area contributed by atoms with Gasteiger partial charge in [0.15, 0.2) is 0 Å². The highest BCUT2D eigenvalue weighted by Gasteiger charge is 2.33. The van der Waals surface area contributed by atoms with Crippen molar-refractivity contribution >= 4 is 33.1 Å². The average Bonchev–Trinajstić information content (AvgIpc) is 3.36. The van der Waals surface area contributed by atoms with E-state index in [4.69, 9.17) is 0 Å². The molecule has 0 aliphatic carbocycles. The molecule has 1 amide bonds. The number of likely N-dealkylation sites (N-methyl/N-ethyl adjacent to an activating group) is 1. The normalized spacial score (nSPS) is 18.1. The second-order valence-electron chi connectivity index (χ2n) is 7.81. The molecule has 2 heterocycles. The van der Waals surface area contributed by atoms with Gasteiger partial charge in [-0.3, -0.25) is 19.4 Å². The average molecular weight is 463 g/mol. The van der Waals surface area contributed by atoms with Crippen molar-refractivity contribution in [3.63, 3.8) is 0 Å². The quantitative estimate of drug-likeness (QED) is 0.599. The summed E-state index contributed by atoms with van der Waals surface area (Å²) in [6.45, 7) is 10.2. The summed E-state index contributed by atoms with van der Waals surface area (Å²) in [5.41, 5.74) is 1.68. The van der Waals surface area contributed by atoms with Crippen LogP contribution in [0.3, 0.4) is 0 Å². The van der Waals surface area contributed by atoms with Crippen LogP contribution in [-0.4, -0.2) is 50.7 Å². The SMILES string of the molecule is CCN(CC)C(CNC(=O)[C@@H](N=C1NS(=O)(=O)c2ccccc21)C(C)C)c1ccsc1. The number of nitrogens with zero attached hydrogens (tertiary/aromatic N) is 2. The van der Waals surface area contributed by atoms with Crippen molar-refractivity contribution in [1.29, 1.82) is 0 Å². The van der Waals surface area contributed by atoms with Gasteiger partial charge in [0.25, 0.3) is 10.0 Å². The van der Waals surface area contributed by atoms with E-state index in [1.54, 1.807) is 35.6 Å². The lowest BCUT2D eigenvalue weighted by Crippen LogP contribution is -2.43. The molecular formula is C22H30N4O3S2. The monoisotopic (exact) mass is 462 g/mol. The first-order chi connectivity index (χ1) is 14.8. The van der Waals surface area contributed by atoms with Gasteiger partial charge in [0, 0.05) is 12.1 Å². The number of amidine groups is 1. The molecule has 3 rings (SSSR count). The van der Waals surface area contributed by atoms with Gasteiger partial charge < -0.3 is 5.32 Å². The Morgan fingerprint density at radius 3 is 2.52 bits per heavy atom. The molecular weight excluding hydrogens is 432 g/mol. The van der Waals surface area contributed by atoms with Crippen molar-refractivity contribution in [3.8, 4) is 0 Å². The van der Waals surface area contributed by atoms with Crippen molar-refractivity contribution in [1.82, 2.24) is 14.9 Å². The van der Waals surface area contributed by atoms with E-state index in [0.717, 1.165) is 13.1 Å².